The van der Waals surface area contributed by atoms with Crippen molar-refractivity contribution in [3.05, 3.63) is 97.1 Å². The summed E-state index contributed by atoms with van der Waals surface area (Å²) in [6.45, 7) is 0. The predicted molar refractivity (Wildman–Crippen MR) is 119 cm³/mol. The Morgan fingerprint density at radius 3 is 2.00 bits per heavy atom. The van der Waals surface area contributed by atoms with Crippen molar-refractivity contribution < 1.29 is 0 Å². The van der Waals surface area contributed by atoms with E-state index in [1.165, 1.54) is 20.2 Å². The first kappa shape index (κ1) is 16.2. The zero-order valence-corrected chi connectivity index (χ0v) is 15.5. The average molecular weight is 361 g/mol. The van der Waals surface area contributed by atoms with Crippen molar-refractivity contribution in [2.24, 2.45) is 0 Å². The Morgan fingerprint density at radius 1 is 0.556 bits per heavy atom. The highest BCUT2D eigenvalue weighted by molar-refractivity contribution is 7.25. The van der Waals surface area contributed by atoms with Crippen LogP contribution in [0, 0.1) is 0 Å². The third-order valence-electron chi connectivity index (χ3n) is 4.79. The van der Waals surface area contributed by atoms with Crippen LogP contribution in [0.25, 0.3) is 20.2 Å². The number of nitrogens with zero attached hydrogens (tertiary/aromatic N) is 1. The van der Waals surface area contributed by atoms with E-state index in [-0.39, 0.29) is 0 Å². The van der Waals surface area contributed by atoms with Crippen LogP contribution < -0.4 is 10.4 Å². The van der Waals surface area contributed by atoms with E-state index in [9.17, 15) is 0 Å². The van der Waals surface area contributed by atoms with E-state index in [1.54, 1.807) is 0 Å². The Hall–Kier alpha value is -3.04. The molecule has 1 nitrogen and oxygen atoms in total. The second-order valence-corrected chi connectivity index (χ2v) is 7.62. The third-order valence-corrected chi connectivity index (χ3v) is 5.92. The van der Waals surface area contributed by atoms with Crippen LogP contribution in [0.3, 0.4) is 0 Å². The molecule has 1 heterocycles. The molecule has 4 aromatic carbocycles. The van der Waals surface area contributed by atoms with Gasteiger partial charge < -0.3 is 4.90 Å². The van der Waals surface area contributed by atoms with E-state index in [1.807, 2.05) is 29.5 Å². The lowest BCUT2D eigenvalue weighted by Crippen LogP contribution is -2.11. The van der Waals surface area contributed by atoms with E-state index in [4.69, 9.17) is 7.85 Å². The van der Waals surface area contributed by atoms with E-state index in [0.29, 0.717) is 0 Å². The van der Waals surface area contributed by atoms with Crippen molar-refractivity contribution in [2.45, 2.75) is 0 Å². The third kappa shape index (κ3) is 2.90. The summed E-state index contributed by atoms with van der Waals surface area (Å²) in [5.74, 6) is 0. The molecular weight excluding hydrogens is 345 g/mol. The molecule has 0 aliphatic heterocycles. The lowest BCUT2D eigenvalue weighted by molar-refractivity contribution is 1.29. The molecule has 0 aliphatic carbocycles. The molecule has 0 unspecified atom stereocenters. The Kier molecular flexibility index (Phi) is 3.95. The molecule has 0 bridgehead atoms. The number of hydrogen-bond donors (Lipinski definition) is 0. The molecule has 0 atom stereocenters. The van der Waals surface area contributed by atoms with Crippen LogP contribution in [0.4, 0.5) is 17.1 Å². The largest absolute Gasteiger partial charge is 0.310 e. The summed E-state index contributed by atoms with van der Waals surface area (Å²) in [6.07, 6.45) is 0. The quantitative estimate of drug-likeness (QED) is 0.340. The number of thiophene rings is 1. The van der Waals surface area contributed by atoms with Crippen LogP contribution in [-0.2, 0) is 0 Å². The molecule has 0 N–H and O–H groups in total. The summed E-state index contributed by atoms with van der Waals surface area (Å²) in [6, 6.07) is 33.8. The molecule has 5 aromatic rings. The standard InChI is InChI=1S/C24H16BNS/c25-17-10-12-19(13-11-17)26(18-6-2-1-3-7-18)20-14-15-22-21-8-4-5-9-23(21)27-24(22)16-20/h1-16H. The minimum Gasteiger partial charge on any atom is -0.310 e. The highest BCUT2D eigenvalue weighted by Gasteiger charge is 2.14. The molecule has 0 saturated heterocycles. The molecule has 5 rings (SSSR count). The molecule has 0 amide bonds. The lowest BCUT2D eigenvalue weighted by atomic mass is 9.96. The van der Waals surface area contributed by atoms with Crippen molar-refractivity contribution in [2.75, 3.05) is 4.90 Å². The maximum Gasteiger partial charge on any atom is 0.113 e. The van der Waals surface area contributed by atoms with E-state index in [0.717, 1.165) is 22.5 Å². The first-order valence-electron chi connectivity index (χ1n) is 8.92. The maximum atomic E-state index is 5.90. The van der Waals surface area contributed by atoms with Crippen LogP contribution in [0.2, 0.25) is 0 Å². The molecule has 0 spiro atoms. The highest BCUT2D eigenvalue weighted by Crippen LogP contribution is 2.39. The SMILES string of the molecule is [B]c1ccc(N(c2ccccc2)c2ccc3c(c2)sc2ccccc23)cc1. The number of anilines is 3. The molecule has 2 radical (unpaired) electrons. The Labute approximate surface area is 163 Å². The van der Waals surface area contributed by atoms with Gasteiger partial charge >= 0.3 is 0 Å². The summed E-state index contributed by atoms with van der Waals surface area (Å²) in [5.41, 5.74) is 4.13. The fraction of sp³-hybridized carbons (Fsp3) is 0. The summed E-state index contributed by atoms with van der Waals surface area (Å²) >= 11 is 1.84. The fourth-order valence-corrected chi connectivity index (χ4v) is 4.64. The van der Waals surface area contributed by atoms with Gasteiger partial charge in [-0.3, -0.25) is 0 Å². The second-order valence-electron chi connectivity index (χ2n) is 6.54. The van der Waals surface area contributed by atoms with Gasteiger partial charge in [-0.1, -0.05) is 60.1 Å². The van der Waals surface area contributed by atoms with Gasteiger partial charge in [-0.25, -0.2) is 0 Å². The average Bonchev–Trinajstić information content (AvgIpc) is 3.08. The first-order valence-corrected chi connectivity index (χ1v) is 9.73. The molecular formula is C24H16BNS. The van der Waals surface area contributed by atoms with Crippen LogP contribution in [0.5, 0.6) is 0 Å². The minimum atomic E-state index is 0.770. The number of benzene rings is 4. The van der Waals surface area contributed by atoms with Crippen molar-refractivity contribution in [1.82, 2.24) is 0 Å². The zero-order valence-electron chi connectivity index (χ0n) is 14.7. The van der Waals surface area contributed by atoms with Crippen LogP contribution in [-0.4, -0.2) is 7.85 Å². The number of rotatable bonds is 3. The second kappa shape index (κ2) is 6.60. The summed E-state index contributed by atoms with van der Waals surface area (Å²) < 4.78 is 2.62. The molecule has 0 aliphatic rings. The van der Waals surface area contributed by atoms with Crippen LogP contribution in [0.1, 0.15) is 0 Å². The topological polar surface area (TPSA) is 3.24 Å². The number of fused-ring (bicyclic) bond motifs is 3. The molecule has 126 valence electrons. The van der Waals surface area contributed by atoms with E-state index in [2.05, 4.69) is 83.8 Å². The number of hydrogen-bond acceptors (Lipinski definition) is 2. The predicted octanol–water partition coefficient (Wildman–Crippen LogP) is 6.32. The Morgan fingerprint density at radius 2 is 1.19 bits per heavy atom. The summed E-state index contributed by atoms with van der Waals surface area (Å²) in [5, 5.41) is 2.63. The van der Waals surface area contributed by atoms with Gasteiger partial charge in [0.1, 0.15) is 7.85 Å². The fourth-order valence-electron chi connectivity index (χ4n) is 3.50. The smallest absolute Gasteiger partial charge is 0.113 e. The monoisotopic (exact) mass is 361 g/mol. The van der Waals surface area contributed by atoms with Gasteiger partial charge in [-0.15, -0.1) is 11.3 Å². The molecule has 27 heavy (non-hydrogen) atoms. The minimum absolute atomic E-state index is 0.770. The van der Waals surface area contributed by atoms with Crippen molar-refractivity contribution in [1.29, 1.82) is 0 Å². The number of para-hydroxylation sites is 1. The van der Waals surface area contributed by atoms with Gasteiger partial charge in [0.05, 0.1) is 0 Å². The van der Waals surface area contributed by atoms with Gasteiger partial charge in [0.15, 0.2) is 0 Å². The Bertz CT molecular complexity index is 1230. The maximum absolute atomic E-state index is 5.90. The highest BCUT2D eigenvalue weighted by atomic mass is 32.1. The normalized spacial score (nSPS) is 11.1. The summed E-state index contributed by atoms with van der Waals surface area (Å²) in [7, 11) is 5.90. The van der Waals surface area contributed by atoms with Crippen molar-refractivity contribution in [3.63, 3.8) is 0 Å². The van der Waals surface area contributed by atoms with Gasteiger partial charge in [-0.2, -0.15) is 0 Å². The van der Waals surface area contributed by atoms with Gasteiger partial charge in [0.25, 0.3) is 0 Å². The van der Waals surface area contributed by atoms with Crippen molar-refractivity contribution in [3.8, 4) is 0 Å². The molecule has 1 aromatic heterocycles. The van der Waals surface area contributed by atoms with Gasteiger partial charge in [0.2, 0.25) is 0 Å². The van der Waals surface area contributed by atoms with Crippen LogP contribution in [0.15, 0.2) is 97.1 Å². The molecule has 0 saturated carbocycles. The van der Waals surface area contributed by atoms with E-state index < -0.39 is 0 Å². The van der Waals surface area contributed by atoms with Crippen LogP contribution >= 0.6 is 11.3 Å². The van der Waals surface area contributed by atoms with Gasteiger partial charge in [0, 0.05) is 37.2 Å². The molecule has 0 fully saturated rings. The van der Waals surface area contributed by atoms with Crippen molar-refractivity contribution >= 4 is 61.9 Å². The Balaban J connectivity index is 1.71. The first-order chi connectivity index (χ1) is 13.3. The lowest BCUT2D eigenvalue weighted by Gasteiger charge is -2.25. The zero-order chi connectivity index (χ0) is 18.2. The molecule has 3 heteroatoms. The summed E-state index contributed by atoms with van der Waals surface area (Å²) in [4.78, 5) is 2.27. The van der Waals surface area contributed by atoms with Gasteiger partial charge in [-0.05, 0) is 42.5 Å². The van der Waals surface area contributed by atoms with E-state index >= 15 is 0 Å².